The Morgan fingerprint density at radius 2 is 2.39 bits per heavy atom. The fraction of sp³-hybridized carbons (Fsp3) is 0.545. The monoisotopic (exact) mass is 285 g/mol. The molecule has 7 heteroatoms. The number of sulfonamides is 1. The van der Waals surface area contributed by atoms with Crippen molar-refractivity contribution in [3.05, 3.63) is 17.0 Å². The zero-order valence-corrected chi connectivity index (χ0v) is 11.7. The Morgan fingerprint density at radius 1 is 1.61 bits per heavy atom. The fourth-order valence-electron chi connectivity index (χ4n) is 2.20. The third kappa shape index (κ3) is 2.42. The highest BCUT2D eigenvalue weighted by Crippen LogP contribution is 2.29. The van der Waals surface area contributed by atoms with E-state index in [1.807, 2.05) is 13.1 Å². The molecule has 2 heterocycles. The van der Waals surface area contributed by atoms with Gasteiger partial charge in [0.25, 0.3) is 10.0 Å². The maximum Gasteiger partial charge on any atom is 0.252 e. The van der Waals surface area contributed by atoms with Gasteiger partial charge in [-0.15, -0.1) is 11.3 Å². The van der Waals surface area contributed by atoms with Gasteiger partial charge < -0.3 is 5.32 Å². The van der Waals surface area contributed by atoms with Crippen LogP contribution in [0.5, 0.6) is 0 Å². The molecule has 0 aliphatic carbocycles. The van der Waals surface area contributed by atoms with Crippen LogP contribution in [0.3, 0.4) is 0 Å². The Labute approximate surface area is 111 Å². The largest absolute Gasteiger partial charge is 0.318 e. The zero-order chi connectivity index (χ0) is 13.2. The third-order valence-electron chi connectivity index (χ3n) is 3.02. The molecule has 1 aliphatic rings. The van der Waals surface area contributed by atoms with Crippen LogP contribution in [0, 0.1) is 11.3 Å². The van der Waals surface area contributed by atoms with Crippen molar-refractivity contribution in [1.82, 2.24) is 9.62 Å². The summed E-state index contributed by atoms with van der Waals surface area (Å²) in [6, 6.07) is 5.07. The summed E-state index contributed by atoms with van der Waals surface area (Å²) in [4.78, 5) is 0.429. The summed E-state index contributed by atoms with van der Waals surface area (Å²) in [6.45, 7) is 1.23. The van der Waals surface area contributed by atoms with Crippen LogP contribution in [0.25, 0.3) is 0 Å². The van der Waals surface area contributed by atoms with Gasteiger partial charge in [-0.1, -0.05) is 0 Å². The Balaban J connectivity index is 2.28. The van der Waals surface area contributed by atoms with Crippen LogP contribution in [-0.2, 0) is 10.0 Å². The van der Waals surface area contributed by atoms with Gasteiger partial charge in [-0.25, -0.2) is 8.42 Å². The van der Waals surface area contributed by atoms with Crippen molar-refractivity contribution in [3.63, 3.8) is 0 Å². The van der Waals surface area contributed by atoms with E-state index in [-0.39, 0.29) is 10.3 Å². The number of rotatable bonds is 4. The SMILES string of the molecule is CNCC1CCCN1S(=O)(=O)c1ccc(C#N)s1. The van der Waals surface area contributed by atoms with Crippen molar-refractivity contribution in [2.24, 2.45) is 0 Å². The van der Waals surface area contributed by atoms with Crippen LogP contribution in [0.15, 0.2) is 16.3 Å². The van der Waals surface area contributed by atoms with Gasteiger partial charge in [0, 0.05) is 19.1 Å². The predicted octanol–water partition coefficient (Wildman–Crippen LogP) is 0.992. The minimum absolute atomic E-state index is 0.0210. The van der Waals surface area contributed by atoms with E-state index in [0.717, 1.165) is 24.2 Å². The Morgan fingerprint density at radius 3 is 3.00 bits per heavy atom. The van der Waals surface area contributed by atoms with E-state index >= 15 is 0 Å². The van der Waals surface area contributed by atoms with Gasteiger partial charge in [0.15, 0.2) is 0 Å². The van der Waals surface area contributed by atoms with Gasteiger partial charge in [0.2, 0.25) is 0 Å². The highest BCUT2D eigenvalue weighted by atomic mass is 32.2. The molecule has 1 aromatic rings. The number of nitrogens with zero attached hydrogens (tertiary/aromatic N) is 2. The van der Waals surface area contributed by atoms with E-state index in [4.69, 9.17) is 5.26 Å². The van der Waals surface area contributed by atoms with Crippen LogP contribution in [0.2, 0.25) is 0 Å². The molecule has 1 aromatic heterocycles. The van der Waals surface area contributed by atoms with E-state index in [1.165, 1.54) is 6.07 Å². The number of nitriles is 1. The molecule has 18 heavy (non-hydrogen) atoms. The molecule has 0 spiro atoms. The average Bonchev–Trinajstić information content (AvgIpc) is 2.97. The Hall–Kier alpha value is -0.940. The number of nitrogens with one attached hydrogen (secondary N) is 1. The van der Waals surface area contributed by atoms with Crippen molar-refractivity contribution >= 4 is 21.4 Å². The number of likely N-dealkylation sites (N-methyl/N-ethyl adjacent to an activating group) is 1. The predicted molar refractivity (Wildman–Crippen MR) is 69.9 cm³/mol. The molecule has 0 amide bonds. The maximum atomic E-state index is 12.4. The third-order valence-corrected chi connectivity index (χ3v) is 6.43. The Bertz CT molecular complexity index is 559. The molecule has 1 saturated heterocycles. The number of hydrogen-bond donors (Lipinski definition) is 1. The lowest BCUT2D eigenvalue weighted by molar-refractivity contribution is 0.380. The Kier molecular flexibility index (Phi) is 4.02. The van der Waals surface area contributed by atoms with Crippen molar-refractivity contribution < 1.29 is 8.42 Å². The molecular formula is C11H15N3O2S2. The van der Waals surface area contributed by atoms with E-state index in [1.54, 1.807) is 10.4 Å². The fourth-order valence-corrected chi connectivity index (χ4v) is 5.13. The molecule has 1 N–H and O–H groups in total. The first-order valence-electron chi connectivity index (χ1n) is 5.76. The lowest BCUT2D eigenvalue weighted by atomic mass is 10.2. The maximum absolute atomic E-state index is 12.4. The topological polar surface area (TPSA) is 73.2 Å². The summed E-state index contributed by atoms with van der Waals surface area (Å²) in [5.74, 6) is 0. The molecule has 2 rings (SSSR count). The molecule has 0 radical (unpaired) electrons. The van der Waals surface area contributed by atoms with Crippen LogP contribution < -0.4 is 5.32 Å². The lowest BCUT2D eigenvalue weighted by Crippen LogP contribution is -2.40. The van der Waals surface area contributed by atoms with E-state index in [2.05, 4.69) is 5.32 Å². The molecule has 1 fully saturated rings. The second-order valence-electron chi connectivity index (χ2n) is 4.20. The standard InChI is InChI=1S/C11H15N3O2S2/c1-13-8-9-3-2-6-14(9)18(15,16)11-5-4-10(7-12)17-11/h4-5,9,13H,2-3,6,8H2,1H3. The minimum Gasteiger partial charge on any atom is -0.318 e. The van der Waals surface area contributed by atoms with Crippen molar-refractivity contribution in [3.8, 4) is 6.07 Å². The highest BCUT2D eigenvalue weighted by Gasteiger charge is 2.35. The second-order valence-corrected chi connectivity index (χ2v) is 7.40. The molecule has 1 aliphatic heterocycles. The summed E-state index contributed by atoms with van der Waals surface area (Å²) in [5, 5.41) is 11.8. The van der Waals surface area contributed by atoms with Gasteiger partial charge in [0.05, 0.1) is 0 Å². The molecule has 98 valence electrons. The van der Waals surface area contributed by atoms with E-state index in [0.29, 0.717) is 18.0 Å². The van der Waals surface area contributed by atoms with Crippen molar-refractivity contribution in [2.45, 2.75) is 23.1 Å². The second kappa shape index (κ2) is 5.36. The first-order chi connectivity index (χ1) is 8.59. The summed E-state index contributed by atoms with van der Waals surface area (Å²) < 4.78 is 26.7. The van der Waals surface area contributed by atoms with Crippen LogP contribution in [0.1, 0.15) is 17.7 Å². The number of thiophene rings is 1. The molecule has 0 saturated carbocycles. The van der Waals surface area contributed by atoms with E-state index in [9.17, 15) is 8.42 Å². The van der Waals surface area contributed by atoms with Gasteiger partial charge in [-0.3, -0.25) is 0 Å². The summed E-state index contributed by atoms with van der Waals surface area (Å²) >= 11 is 1.04. The highest BCUT2D eigenvalue weighted by molar-refractivity contribution is 7.91. The van der Waals surface area contributed by atoms with Crippen molar-refractivity contribution in [2.75, 3.05) is 20.1 Å². The van der Waals surface area contributed by atoms with Gasteiger partial charge in [0.1, 0.15) is 15.2 Å². The smallest absolute Gasteiger partial charge is 0.252 e. The first-order valence-corrected chi connectivity index (χ1v) is 8.01. The first kappa shape index (κ1) is 13.5. The normalized spacial score (nSPS) is 21.0. The summed E-state index contributed by atoms with van der Waals surface area (Å²) in [7, 11) is -1.62. The summed E-state index contributed by atoms with van der Waals surface area (Å²) in [5.41, 5.74) is 0. The minimum atomic E-state index is -3.44. The molecular weight excluding hydrogens is 270 g/mol. The zero-order valence-electron chi connectivity index (χ0n) is 10.1. The van der Waals surface area contributed by atoms with Crippen LogP contribution in [-0.4, -0.2) is 38.9 Å². The molecule has 0 bridgehead atoms. The average molecular weight is 285 g/mol. The van der Waals surface area contributed by atoms with Gasteiger partial charge in [-0.2, -0.15) is 9.57 Å². The van der Waals surface area contributed by atoms with Crippen LogP contribution >= 0.6 is 11.3 Å². The summed E-state index contributed by atoms with van der Waals surface area (Å²) in [6.07, 6.45) is 1.78. The molecule has 0 aromatic carbocycles. The molecule has 5 nitrogen and oxygen atoms in total. The van der Waals surface area contributed by atoms with Gasteiger partial charge >= 0.3 is 0 Å². The quantitative estimate of drug-likeness (QED) is 0.895. The lowest BCUT2D eigenvalue weighted by Gasteiger charge is -2.22. The number of hydrogen-bond acceptors (Lipinski definition) is 5. The molecule has 1 atom stereocenters. The van der Waals surface area contributed by atoms with Crippen LogP contribution in [0.4, 0.5) is 0 Å². The van der Waals surface area contributed by atoms with Crippen molar-refractivity contribution in [1.29, 1.82) is 5.26 Å². The van der Waals surface area contributed by atoms with Gasteiger partial charge in [-0.05, 0) is 32.0 Å². The van der Waals surface area contributed by atoms with E-state index < -0.39 is 10.0 Å². The molecule has 1 unspecified atom stereocenters.